The van der Waals surface area contributed by atoms with E-state index in [1.807, 2.05) is 0 Å². The van der Waals surface area contributed by atoms with Crippen molar-refractivity contribution in [1.29, 1.82) is 0 Å². The Bertz CT molecular complexity index is 5900. The Morgan fingerprint density at radius 2 is 0.320 bits per heavy atom. The Kier molecular flexibility index (Phi) is 15.1. The van der Waals surface area contributed by atoms with E-state index >= 15 is 0 Å². The third kappa shape index (κ3) is 11.1. The van der Waals surface area contributed by atoms with Crippen molar-refractivity contribution in [3.8, 4) is 168 Å². The van der Waals surface area contributed by atoms with E-state index in [-0.39, 0.29) is 0 Å². The molecule has 3 heteroatoms. The summed E-state index contributed by atoms with van der Waals surface area (Å²) in [6.45, 7) is 0. The number of rotatable bonds is 13. The van der Waals surface area contributed by atoms with Crippen molar-refractivity contribution in [3.05, 3.63) is 417 Å². The van der Waals surface area contributed by atoms with Crippen LogP contribution in [0, 0.1) is 0 Å². The van der Waals surface area contributed by atoms with E-state index in [1.54, 1.807) is 0 Å². The van der Waals surface area contributed by atoms with Gasteiger partial charge in [0, 0.05) is 16.7 Å². The molecular formula is C100H65N3. The molecule has 19 rings (SSSR count). The minimum absolute atomic E-state index is 0.392. The molecule has 1 spiro atoms. The molecule has 0 N–H and O–H groups in total. The fourth-order valence-electron chi connectivity index (χ4n) is 15.9. The average molecular weight is 1310 g/mol. The molecule has 0 bridgehead atoms. The first kappa shape index (κ1) is 60.7. The molecule has 0 saturated carbocycles. The molecular weight excluding hydrogens is 1240 g/mol. The van der Waals surface area contributed by atoms with Gasteiger partial charge in [-0.1, -0.05) is 340 Å². The molecule has 17 aromatic rings. The molecule has 0 aliphatic heterocycles. The standard InChI is InChI=1S/C100H65N3/c1-3-21-66(22-4-1)72-25-13-27-74(57-72)68-47-51-70(52-48-68)97-101-98(71-53-49-69(50-54-71)75-28-14-26-73(58-75)67-23-5-2-6-24-67)103-99(102-97)88-40-20-39-86(64-88)84-37-18-35-82(62-84)80-33-16-31-78(60-80)76-29-15-30-77(59-76)79-32-17-34-81(61-79)83-36-19-38-85(63-83)87-55-56-92-91-43-9-12-46-95(91)100(96(92)65-87)93-44-10-7-41-89(93)90-42-8-11-45-94(90)100/h1-65H. The van der Waals surface area contributed by atoms with Gasteiger partial charge < -0.3 is 0 Å². The summed E-state index contributed by atoms with van der Waals surface area (Å²) in [5, 5.41) is 0. The number of hydrogen-bond donors (Lipinski definition) is 0. The van der Waals surface area contributed by atoms with Crippen molar-refractivity contribution in [3.63, 3.8) is 0 Å². The molecule has 0 fully saturated rings. The number of nitrogens with zero attached hydrogens (tertiary/aromatic N) is 3. The summed E-state index contributed by atoms with van der Waals surface area (Å²) in [5.74, 6) is 1.81. The molecule has 1 heterocycles. The number of hydrogen-bond acceptors (Lipinski definition) is 3. The van der Waals surface area contributed by atoms with Gasteiger partial charge in [0.25, 0.3) is 0 Å². The third-order valence-electron chi connectivity index (χ3n) is 21.0. The minimum Gasteiger partial charge on any atom is -0.208 e. The van der Waals surface area contributed by atoms with Gasteiger partial charge in [-0.3, -0.25) is 0 Å². The highest BCUT2D eigenvalue weighted by Gasteiger charge is 2.51. The van der Waals surface area contributed by atoms with Crippen LogP contribution in [0.5, 0.6) is 0 Å². The summed E-state index contributed by atoms with van der Waals surface area (Å²) in [7, 11) is 0. The molecule has 0 amide bonds. The Morgan fingerprint density at radius 3 is 0.631 bits per heavy atom. The average Bonchev–Trinajstić information content (AvgIpc) is 1.51. The molecule has 2 aliphatic carbocycles. The number of benzene rings is 16. The summed E-state index contributed by atoms with van der Waals surface area (Å²) < 4.78 is 0. The van der Waals surface area contributed by atoms with Crippen LogP contribution >= 0.6 is 0 Å². The van der Waals surface area contributed by atoms with Crippen molar-refractivity contribution >= 4 is 0 Å². The van der Waals surface area contributed by atoms with Gasteiger partial charge in [-0.2, -0.15) is 0 Å². The van der Waals surface area contributed by atoms with Gasteiger partial charge in [-0.25, -0.2) is 15.0 Å². The Hall–Kier alpha value is -13.5. The van der Waals surface area contributed by atoms with E-state index in [4.69, 9.17) is 15.0 Å². The molecule has 480 valence electrons. The zero-order chi connectivity index (χ0) is 68.2. The zero-order valence-corrected chi connectivity index (χ0v) is 56.4. The van der Waals surface area contributed by atoms with Crippen LogP contribution in [-0.4, -0.2) is 15.0 Å². The van der Waals surface area contributed by atoms with Crippen LogP contribution in [0.2, 0.25) is 0 Å². The van der Waals surface area contributed by atoms with E-state index in [1.165, 1.54) is 100 Å². The fraction of sp³-hybridized carbons (Fsp3) is 0.0100. The van der Waals surface area contributed by atoms with Crippen LogP contribution in [-0.2, 0) is 5.41 Å². The van der Waals surface area contributed by atoms with Crippen LogP contribution in [0.4, 0.5) is 0 Å². The molecule has 103 heavy (non-hydrogen) atoms. The maximum Gasteiger partial charge on any atom is 0.164 e. The van der Waals surface area contributed by atoms with Crippen molar-refractivity contribution in [2.45, 2.75) is 5.41 Å². The Balaban J connectivity index is 0.606. The van der Waals surface area contributed by atoms with Crippen LogP contribution < -0.4 is 0 Å². The van der Waals surface area contributed by atoms with Crippen molar-refractivity contribution in [1.82, 2.24) is 15.0 Å². The third-order valence-corrected chi connectivity index (χ3v) is 21.0. The van der Waals surface area contributed by atoms with Gasteiger partial charge >= 0.3 is 0 Å². The fourth-order valence-corrected chi connectivity index (χ4v) is 15.9. The zero-order valence-electron chi connectivity index (χ0n) is 56.4. The second-order valence-corrected chi connectivity index (χ2v) is 27.0. The molecule has 0 unspecified atom stereocenters. The highest BCUT2D eigenvalue weighted by molar-refractivity contribution is 5.96. The van der Waals surface area contributed by atoms with E-state index in [9.17, 15) is 0 Å². The van der Waals surface area contributed by atoms with Gasteiger partial charge in [0.2, 0.25) is 0 Å². The maximum atomic E-state index is 5.27. The van der Waals surface area contributed by atoms with E-state index in [2.05, 4.69) is 394 Å². The van der Waals surface area contributed by atoms with Crippen LogP contribution in [0.25, 0.3) is 168 Å². The lowest BCUT2D eigenvalue weighted by molar-refractivity contribution is 0.794. The summed E-state index contributed by atoms with van der Waals surface area (Å²) in [6.07, 6.45) is 0. The van der Waals surface area contributed by atoms with Crippen molar-refractivity contribution in [2.24, 2.45) is 0 Å². The summed E-state index contributed by atoms with van der Waals surface area (Å²) >= 11 is 0. The first-order chi connectivity index (χ1) is 51.0. The lowest BCUT2D eigenvalue weighted by atomic mass is 9.70. The predicted molar refractivity (Wildman–Crippen MR) is 427 cm³/mol. The molecule has 0 saturated heterocycles. The number of fused-ring (bicyclic) bond motifs is 10. The molecule has 3 nitrogen and oxygen atoms in total. The van der Waals surface area contributed by atoms with Gasteiger partial charge in [0.05, 0.1) is 5.41 Å². The van der Waals surface area contributed by atoms with E-state index < -0.39 is 5.41 Å². The lowest BCUT2D eigenvalue weighted by Gasteiger charge is -2.30. The monoisotopic (exact) mass is 1310 g/mol. The van der Waals surface area contributed by atoms with Gasteiger partial charge in [-0.15, -0.1) is 0 Å². The van der Waals surface area contributed by atoms with Crippen LogP contribution in [0.3, 0.4) is 0 Å². The topological polar surface area (TPSA) is 38.7 Å². The first-order valence-corrected chi connectivity index (χ1v) is 35.3. The Morgan fingerprint density at radius 1 is 0.126 bits per heavy atom. The Labute approximate surface area is 600 Å². The maximum absolute atomic E-state index is 5.27. The molecule has 0 radical (unpaired) electrons. The molecule has 1 aromatic heterocycles. The highest BCUT2D eigenvalue weighted by Crippen LogP contribution is 2.63. The predicted octanol–water partition coefficient (Wildman–Crippen LogP) is 25.9. The first-order valence-electron chi connectivity index (χ1n) is 35.3. The van der Waals surface area contributed by atoms with Crippen LogP contribution in [0.1, 0.15) is 22.3 Å². The molecule has 16 aromatic carbocycles. The van der Waals surface area contributed by atoms with E-state index in [0.29, 0.717) is 17.5 Å². The second kappa shape index (κ2) is 25.7. The summed E-state index contributed by atoms with van der Waals surface area (Å²) in [4.78, 5) is 15.8. The SMILES string of the molecule is c1ccc(-c2cccc(-c3ccc(-c4nc(-c5ccc(-c6cccc(-c7ccccc7)c6)cc5)nc(-c5cccc(-c6cccc(-c7cccc(-c8cccc(-c9cccc(-c%10cccc(-c%11ccc%12c(c%11)C%11(c%13ccccc%13-c%13ccccc%13%11)c%11ccccc%11-%12)c%10)c9)c8)c7)c6)c5)n4)cc3)c2)cc1. The number of aromatic nitrogens is 3. The summed E-state index contributed by atoms with van der Waals surface area (Å²) in [5.41, 5.74) is 36.1. The van der Waals surface area contributed by atoms with Crippen molar-refractivity contribution < 1.29 is 0 Å². The second-order valence-electron chi connectivity index (χ2n) is 27.0. The lowest BCUT2D eigenvalue weighted by Crippen LogP contribution is -2.25. The molecule has 0 atom stereocenters. The normalized spacial score (nSPS) is 12.2. The molecule has 2 aliphatic rings. The largest absolute Gasteiger partial charge is 0.208 e. The van der Waals surface area contributed by atoms with Gasteiger partial charge in [0.1, 0.15) is 0 Å². The minimum atomic E-state index is -0.392. The van der Waals surface area contributed by atoms with E-state index in [0.717, 1.165) is 72.3 Å². The van der Waals surface area contributed by atoms with Crippen molar-refractivity contribution in [2.75, 3.05) is 0 Å². The summed E-state index contributed by atoms with van der Waals surface area (Å²) in [6, 6.07) is 143. The van der Waals surface area contributed by atoms with Gasteiger partial charge in [-0.05, 0) is 210 Å². The van der Waals surface area contributed by atoms with Gasteiger partial charge in [0.15, 0.2) is 17.5 Å². The highest BCUT2D eigenvalue weighted by atomic mass is 15.0. The smallest absolute Gasteiger partial charge is 0.164 e. The quantitative estimate of drug-likeness (QED) is 0.115. The van der Waals surface area contributed by atoms with Crippen LogP contribution in [0.15, 0.2) is 394 Å².